The molecule has 144 valence electrons. The Morgan fingerprint density at radius 3 is 2.82 bits per heavy atom. The Morgan fingerprint density at radius 1 is 1.14 bits per heavy atom. The van der Waals surface area contributed by atoms with Crippen LogP contribution >= 0.6 is 0 Å². The minimum atomic E-state index is -0.251. The van der Waals surface area contributed by atoms with Crippen LogP contribution in [0.3, 0.4) is 0 Å². The first kappa shape index (κ1) is 18.0. The van der Waals surface area contributed by atoms with Crippen LogP contribution in [-0.2, 0) is 11.2 Å². The van der Waals surface area contributed by atoms with Crippen molar-refractivity contribution in [3.05, 3.63) is 60.0 Å². The van der Waals surface area contributed by atoms with Crippen LogP contribution in [0.15, 0.2) is 53.2 Å². The molecule has 1 fully saturated rings. The minimum Gasteiger partial charge on any atom is -0.449 e. The fourth-order valence-electron chi connectivity index (χ4n) is 2.97. The molecule has 0 radical (unpaired) electrons. The van der Waals surface area contributed by atoms with Gasteiger partial charge in [0.05, 0.1) is 12.2 Å². The Labute approximate surface area is 162 Å². The SMILES string of the molecule is O=C1OCCCN1CCNc1ccc(-c2nc(Cc3ccccc3)no2)cn1. The molecule has 3 heterocycles. The number of carbonyl (C=O) groups excluding carboxylic acids is 1. The van der Waals surface area contributed by atoms with Crippen LogP contribution < -0.4 is 5.32 Å². The average Bonchev–Trinajstić information content (AvgIpc) is 3.19. The maximum atomic E-state index is 11.6. The van der Waals surface area contributed by atoms with Gasteiger partial charge in [-0.15, -0.1) is 0 Å². The normalized spacial score (nSPS) is 14.0. The lowest BCUT2D eigenvalue weighted by Crippen LogP contribution is -2.40. The Morgan fingerprint density at radius 2 is 2.04 bits per heavy atom. The van der Waals surface area contributed by atoms with Crippen molar-refractivity contribution in [2.45, 2.75) is 12.8 Å². The molecular weight excluding hydrogens is 358 g/mol. The Hall–Kier alpha value is -3.42. The molecule has 0 bridgehead atoms. The van der Waals surface area contributed by atoms with Crippen LogP contribution in [0.1, 0.15) is 17.8 Å². The predicted octanol–water partition coefficient (Wildman–Crippen LogP) is 2.98. The summed E-state index contributed by atoms with van der Waals surface area (Å²) in [5.74, 6) is 1.80. The maximum absolute atomic E-state index is 11.6. The molecule has 0 saturated carbocycles. The zero-order valence-corrected chi connectivity index (χ0v) is 15.4. The minimum absolute atomic E-state index is 0.251. The monoisotopic (exact) mass is 379 g/mol. The number of pyridine rings is 1. The lowest BCUT2D eigenvalue weighted by atomic mass is 10.1. The molecule has 0 atom stereocenters. The molecule has 0 unspecified atom stereocenters. The number of hydrogen-bond acceptors (Lipinski definition) is 7. The molecule has 28 heavy (non-hydrogen) atoms. The van der Waals surface area contributed by atoms with E-state index in [-0.39, 0.29) is 6.09 Å². The molecule has 1 aromatic carbocycles. The number of nitrogens with one attached hydrogen (secondary N) is 1. The van der Waals surface area contributed by atoms with Gasteiger partial charge in [-0.25, -0.2) is 9.78 Å². The van der Waals surface area contributed by atoms with Gasteiger partial charge < -0.3 is 19.5 Å². The number of rotatable bonds is 7. The average molecular weight is 379 g/mol. The molecule has 4 rings (SSSR count). The van der Waals surface area contributed by atoms with Crippen molar-refractivity contribution in [2.75, 3.05) is 31.6 Å². The molecule has 2 aromatic heterocycles. The third kappa shape index (κ3) is 4.46. The van der Waals surface area contributed by atoms with Crippen molar-refractivity contribution >= 4 is 11.9 Å². The van der Waals surface area contributed by atoms with Gasteiger partial charge in [0.15, 0.2) is 5.82 Å². The van der Waals surface area contributed by atoms with Gasteiger partial charge in [-0.1, -0.05) is 35.5 Å². The highest BCUT2D eigenvalue weighted by atomic mass is 16.6. The summed E-state index contributed by atoms with van der Waals surface area (Å²) in [6, 6.07) is 13.7. The number of anilines is 1. The van der Waals surface area contributed by atoms with Crippen LogP contribution in [0.5, 0.6) is 0 Å². The molecule has 0 aliphatic carbocycles. The van der Waals surface area contributed by atoms with E-state index in [9.17, 15) is 4.79 Å². The van der Waals surface area contributed by atoms with Gasteiger partial charge in [0.2, 0.25) is 0 Å². The van der Waals surface area contributed by atoms with Gasteiger partial charge >= 0.3 is 6.09 Å². The van der Waals surface area contributed by atoms with Gasteiger partial charge in [-0.2, -0.15) is 4.98 Å². The lowest BCUT2D eigenvalue weighted by molar-refractivity contribution is 0.0746. The number of amides is 1. The van der Waals surface area contributed by atoms with Crippen LogP contribution in [0, 0.1) is 0 Å². The standard InChI is InChI=1S/C20H21N5O3/c26-20-25(10-4-12-27-20)11-9-21-17-8-7-16(14-22-17)19-23-18(24-28-19)13-15-5-2-1-3-6-15/h1-3,5-8,14H,4,9-13H2,(H,21,22). The highest BCUT2D eigenvalue weighted by Gasteiger charge is 2.18. The lowest BCUT2D eigenvalue weighted by Gasteiger charge is -2.26. The first-order chi connectivity index (χ1) is 13.8. The number of benzene rings is 1. The summed E-state index contributed by atoms with van der Waals surface area (Å²) in [6.45, 7) is 2.42. The third-order valence-corrected chi connectivity index (χ3v) is 4.43. The van der Waals surface area contributed by atoms with Crippen LogP contribution in [0.4, 0.5) is 10.6 Å². The fourth-order valence-corrected chi connectivity index (χ4v) is 2.97. The summed E-state index contributed by atoms with van der Waals surface area (Å²) < 4.78 is 10.4. The molecule has 3 aromatic rings. The number of aromatic nitrogens is 3. The smallest absolute Gasteiger partial charge is 0.409 e. The van der Waals surface area contributed by atoms with E-state index < -0.39 is 0 Å². The Kier molecular flexibility index (Phi) is 5.46. The van der Waals surface area contributed by atoms with E-state index >= 15 is 0 Å². The largest absolute Gasteiger partial charge is 0.449 e. The topological polar surface area (TPSA) is 93.4 Å². The van der Waals surface area contributed by atoms with E-state index in [1.807, 2.05) is 42.5 Å². The quantitative estimate of drug-likeness (QED) is 0.674. The summed E-state index contributed by atoms with van der Waals surface area (Å²) in [6.07, 6.45) is 2.93. The molecule has 1 aliphatic heterocycles. The van der Waals surface area contributed by atoms with E-state index in [0.29, 0.717) is 37.8 Å². The number of carbonyl (C=O) groups is 1. The van der Waals surface area contributed by atoms with Crippen LogP contribution in [-0.4, -0.2) is 52.4 Å². The van der Waals surface area contributed by atoms with Crippen molar-refractivity contribution < 1.29 is 14.1 Å². The first-order valence-electron chi connectivity index (χ1n) is 9.26. The second-order valence-electron chi connectivity index (χ2n) is 6.49. The first-order valence-corrected chi connectivity index (χ1v) is 9.26. The number of cyclic esters (lactones) is 1. The summed E-state index contributed by atoms with van der Waals surface area (Å²) in [5, 5.41) is 7.24. The van der Waals surface area contributed by atoms with Gasteiger partial charge in [-0.3, -0.25) is 0 Å². The van der Waals surface area contributed by atoms with E-state index in [1.54, 1.807) is 11.1 Å². The van der Waals surface area contributed by atoms with E-state index in [0.717, 1.165) is 29.9 Å². The zero-order valence-electron chi connectivity index (χ0n) is 15.4. The maximum Gasteiger partial charge on any atom is 0.409 e. The highest BCUT2D eigenvalue weighted by Crippen LogP contribution is 2.18. The van der Waals surface area contributed by atoms with E-state index in [4.69, 9.17) is 9.26 Å². The molecule has 1 saturated heterocycles. The van der Waals surface area contributed by atoms with Crippen molar-refractivity contribution in [1.82, 2.24) is 20.0 Å². The van der Waals surface area contributed by atoms with E-state index in [1.165, 1.54) is 0 Å². The second-order valence-corrected chi connectivity index (χ2v) is 6.49. The van der Waals surface area contributed by atoms with Crippen LogP contribution in [0.2, 0.25) is 0 Å². The zero-order chi connectivity index (χ0) is 19.2. The van der Waals surface area contributed by atoms with Crippen molar-refractivity contribution in [3.8, 4) is 11.5 Å². The summed E-state index contributed by atoms with van der Waals surface area (Å²) >= 11 is 0. The van der Waals surface area contributed by atoms with Gasteiger partial charge in [0, 0.05) is 32.3 Å². The number of nitrogens with zero attached hydrogens (tertiary/aromatic N) is 4. The third-order valence-electron chi connectivity index (χ3n) is 4.43. The number of hydrogen-bond donors (Lipinski definition) is 1. The molecule has 8 nitrogen and oxygen atoms in total. The Bertz CT molecular complexity index is 911. The number of ether oxygens (including phenoxy) is 1. The Balaban J connectivity index is 1.31. The van der Waals surface area contributed by atoms with Crippen molar-refractivity contribution in [3.63, 3.8) is 0 Å². The second kappa shape index (κ2) is 8.51. The van der Waals surface area contributed by atoms with Crippen LogP contribution in [0.25, 0.3) is 11.5 Å². The van der Waals surface area contributed by atoms with E-state index in [2.05, 4.69) is 20.4 Å². The summed E-state index contributed by atoms with van der Waals surface area (Å²) in [4.78, 5) is 22.1. The molecular formula is C20H21N5O3. The van der Waals surface area contributed by atoms with Gasteiger partial charge in [0.25, 0.3) is 5.89 Å². The molecule has 1 amide bonds. The van der Waals surface area contributed by atoms with Crippen molar-refractivity contribution in [2.24, 2.45) is 0 Å². The highest BCUT2D eigenvalue weighted by molar-refractivity contribution is 5.68. The predicted molar refractivity (Wildman–Crippen MR) is 103 cm³/mol. The van der Waals surface area contributed by atoms with Crippen molar-refractivity contribution in [1.29, 1.82) is 0 Å². The van der Waals surface area contributed by atoms with Gasteiger partial charge in [0.1, 0.15) is 5.82 Å². The molecule has 8 heteroatoms. The molecule has 1 aliphatic rings. The molecule has 1 N–H and O–H groups in total. The molecule has 0 spiro atoms. The van der Waals surface area contributed by atoms with Gasteiger partial charge in [-0.05, 0) is 24.1 Å². The summed E-state index contributed by atoms with van der Waals surface area (Å²) in [5.41, 5.74) is 1.89. The summed E-state index contributed by atoms with van der Waals surface area (Å²) in [7, 11) is 0. The fraction of sp³-hybridized carbons (Fsp3) is 0.300.